The van der Waals surface area contributed by atoms with Crippen LogP contribution >= 0.6 is 0 Å². The van der Waals surface area contributed by atoms with Gasteiger partial charge in [-0.2, -0.15) is 0 Å². The lowest BCUT2D eigenvalue weighted by atomic mass is 10.2. The Morgan fingerprint density at radius 1 is 1.12 bits per heavy atom. The fourth-order valence-electron chi connectivity index (χ4n) is 2.70. The molecule has 3 aromatic heterocycles. The molecule has 3 heterocycles. The van der Waals surface area contributed by atoms with E-state index in [9.17, 15) is 14.4 Å². The van der Waals surface area contributed by atoms with Crippen molar-refractivity contribution in [2.24, 2.45) is 14.1 Å². The minimum Gasteiger partial charge on any atom is -0.339 e. The van der Waals surface area contributed by atoms with Crippen molar-refractivity contribution in [3.8, 4) is 0 Å². The van der Waals surface area contributed by atoms with Crippen molar-refractivity contribution in [1.82, 2.24) is 18.7 Å². The summed E-state index contributed by atoms with van der Waals surface area (Å²) in [5, 5.41) is 3.27. The summed E-state index contributed by atoms with van der Waals surface area (Å²) in [5.74, 6) is 0.503. The average molecular weight is 327 g/mol. The topological polar surface area (TPSA) is 90.9 Å². The number of pyridine rings is 2. The number of rotatable bonds is 3. The van der Waals surface area contributed by atoms with Gasteiger partial charge < -0.3 is 5.32 Å². The van der Waals surface area contributed by atoms with Gasteiger partial charge >= 0.3 is 5.69 Å². The van der Waals surface area contributed by atoms with Crippen LogP contribution in [0.15, 0.2) is 44.8 Å². The molecule has 0 saturated heterocycles. The highest BCUT2D eigenvalue weighted by atomic mass is 16.2. The van der Waals surface area contributed by atoms with E-state index < -0.39 is 11.2 Å². The number of nitrogens with zero attached hydrogens (tertiary/aromatic N) is 4. The maximum Gasteiger partial charge on any atom is 0.332 e. The van der Waals surface area contributed by atoms with Gasteiger partial charge in [0.15, 0.2) is 0 Å². The van der Waals surface area contributed by atoms with Crippen LogP contribution in [0.3, 0.4) is 0 Å². The third kappa shape index (κ3) is 2.32. The zero-order valence-electron chi connectivity index (χ0n) is 13.6. The van der Waals surface area contributed by atoms with Gasteiger partial charge in [-0.1, -0.05) is 6.07 Å². The molecule has 0 amide bonds. The van der Waals surface area contributed by atoms with Gasteiger partial charge in [0.05, 0.1) is 5.69 Å². The van der Waals surface area contributed by atoms with Gasteiger partial charge in [0, 0.05) is 32.9 Å². The number of aryl methyl sites for hydroxylation is 2. The first-order valence-corrected chi connectivity index (χ1v) is 7.47. The molecule has 0 radical (unpaired) electrons. The SMILES string of the molecule is CCn1c(=O)n(C)c(=O)c2c(Nc3ccccn3)cc(=O)n(C)c21. The van der Waals surface area contributed by atoms with Crippen LogP contribution < -0.4 is 22.1 Å². The molecule has 1 N–H and O–H groups in total. The Labute approximate surface area is 136 Å². The van der Waals surface area contributed by atoms with Crippen molar-refractivity contribution in [2.45, 2.75) is 13.5 Å². The molecule has 3 aromatic rings. The molecule has 0 fully saturated rings. The van der Waals surface area contributed by atoms with Crippen molar-refractivity contribution in [3.63, 3.8) is 0 Å². The molecular formula is C16H17N5O3. The molecule has 0 unspecified atom stereocenters. The van der Waals surface area contributed by atoms with E-state index in [0.29, 0.717) is 18.1 Å². The lowest BCUT2D eigenvalue weighted by Gasteiger charge is -2.16. The van der Waals surface area contributed by atoms with E-state index in [1.54, 1.807) is 38.4 Å². The second-order valence-electron chi connectivity index (χ2n) is 5.38. The summed E-state index contributed by atoms with van der Waals surface area (Å²) in [6.45, 7) is 2.12. The highest BCUT2D eigenvalue weighted by molar-refractivity contribution is 5.90. The summed E-state index contributed by atoms with van der Waals surface area (Å²) >= 11 is 0. The second kappa shape index (κ2) is 5.80. The summed E-state index contributed by atoms with van der Waals surface area (Å²) < 4.78 is 3.76. The molecule has 3 rings (SSSR count). The van der Waals surface area contributed by atoms with Gasteiger partial charge in [-0.25, -0.2) is 9.78 Å². The monoisotopic (exact) mass is 327 g/mol. The second-order valence-corrected chi connectivity index (χ2v) is 5.38. The molecule has 0 aliphatic rings. The van der Waals surface area contributed by atoms with Gasteiger partial charge in [0.25, 0.3) is 11.1 Å². The molecule has 124 valence electrons. The van der Waals surface area contributed by atoms with Crippen LogP contribution in [0.2, 0.25) is 0 Å². The third-order valence-electron chi connectivity index (χ3n) is 3.94. The predicted octanol–water partition coefficient (Wildman–Crippen LogP) is 0.557. The predicted molar refractivity (Wildman–Crippen MR) is 91.9 cm³/mol. The highest BCUT2D eigenvalue weighted by Gasteiger charge is 2.17. The van der Waals surface area contributed by atoms with Crippen LogP contribution in [-0.4, -0.2) is 18.7 Å². The lowest BCUT2D eigenvalue weighted by molar-refractivity contribution is 0.636. The molecule has 24 heavy (non-hydrogen) atoms. The van der Waals surface area contributed by atoms with Gasteiger partial charge in [0.2, 0.25) is 0 Å². The summed E-state index contributed by atoms with van der Waals surface area (Å²) in [7, 11) is 2.96. The number of hydrogen-bond donors (Lipinski definition) is 1. The van der Waals surface area contributed by atoms with Crippen LogP contribution in [0, 0.1) is 0 Å². The zero-order valence-corrected chi connectivity index (χ0v) is 13.6. The van der Waals surface area contributed by atoms with Crippen LogP contribution in [0.4, 0.5) is 11.5 Å². The Balaban J connectivity index is 2.46. The fraction of sp³-hybridized carbons (Fsp3) is 0.250. The van der Waals surface area contributed by atoms with Gasteiger partial charge in [-0.15, -0.1) is 0 Å². The molecule has 0 spiro atoms. The zero-order chi connectivity index (χ0) is 17.4. The van der Waals surface area contributed by atoms with Crippen molar-refractivity contribution < 1.29 is 0 Å². The number of aromatic nitrogens is 4. The van der Waals surface area contributed by atoms with Crippen molar-refractivity contribution >= 4 is 22.5 Å². The maximum atomic E-state index is 12.7. The van der Waals surface area contributed by atoms with Crippen molar-refractivity contribution in [1.29, 1.82) is 0 Å². The van der Waals surface area contributed by atoms with E-state index in [1.807, 2.05) is 0 Å². The quantitative estimate of drug-likeness (QED) is 0.759. The molecule has 0 bridgehead atoms. The summed E-state index contributed by atoms with van der Waals surface area (Å²) in [6.07, 6.45) is 1.60. The van der Waals surface area contributed by atoms with E-state index in [4.69, 9.17) is 0 Å². The standard InChI is InChI=1S/C16H17N5O3/c1-4-21-14-13(15(23)20(3)16(21)24)10(9-12(22)19(14)2)18-11-7-5-6-8-17-11/h5-9H,4H2,1-3H3,(H,17,18). The molecule has 0 saturated carbocycles. The summed E-state index contributed by atoms with van der Waals surface area (Å²) in [4.78, 5) is 41.5. The molecule has 0 aliphatic carbocycles. The number of fused-ring (bicyclic) bond motifs is 1. The van der Waals surface area contributed by atoms with Crippen molar-refractivity contribution in [3.05, 3.63) is 61.7 Å². The van der Waals surface area contributed by atoms with E-state index in [2.05, 4.69) is 10.3 Å². The maximum absolute atomic E-state index is 12.7. The smallest absolute Gasteiger partial charge is 0.332 e. The first-order valence-electron chi connectivity index (χ1n) is 7.47. The number of anilines is 2. The Bertz CT molecular complexity index is 1090. The van der Waals surface area contributed by atoms with Crippen LogP contribution in [-0.2, 0) is 20.6 Å². The highest BCUT2D eigenvalue weighted by Crippen LogP contribution is 2.20. The normalized spacial score (nSPS) is 11.0. The third-order valence-corrected chi connectivity index (χ3v) is 3.94. The molecule has 0 atom stereocenters. The van der Waals surface area contributed by atoms with Gasteiger partial charge in [0.1, 0.15) is 16.9 Å². The van der Waals surface area contributed by atoms with E-state index in [-0.39, 0.29) is 16.6 Å². The first kappa shape index (κ1) is 15.7. The Hall–Kier alpha value is -3.16. The van der Waals surface area contributed by atoms with E-state index in [1.165, 1.54) is 22.2 Å². The molecule has 0 aromatic carbocycles. The minimum atomic E-state index is -0.464. The molecular weight excluding hydrogens is 310 g/mol. The number of hydrogen-bond acceptors (Lipinski definition) is 5. The average Bonchev–Trinajstić information content (AvgIpc) is 2.58. The Kier molecular flexibility index (Phi) is 3.80. The van der Waals surface area contributed by atoms with E-state index >= 15 is 0 Å². The number of nitrogens with one attached hydrogen (secondary N) is 1. The summed E-state index contributed by atoms with van der Waals surface area (Å²) in [6, 6.07) is 6.62. The van der Waals surface area contributed by atoms with Gasteiger partial charge in [-0.05, 0) is 19.1 Å². The lowest BCUT2D eigenvalue weighted by Crippen LogP contribution is -2.40. The van der Waals surface area contributed by atoms with Crippen LogP contribution in [0.25, 0.3) is 11.0 Å². The van der Waals surface area contributed by atoms with Gasteiger partial charge in [-0.3, -0.25) is 23.3 Å². The fourth-order valence-corrected chi connectivity index (χ4v) is 2.70. The molecule has 0 aliphatic heterocycles. The minimum absolute atomic E-state index is 0.270. The molecule has 8 heteroatoms. The van der Waals surface area contributed by atoms with E-state index in [0.717, 1.165) is 4.57 Å². The van der Waals surface area contributed by atoms with Crippen molar-refractivity contribution in [2.75, 3.05) is 5.32 Å². The summed E-state index contributed by atoms with van der Waals surface area (Å²) in [5.41, 5.74) is -0.629. The Morgan fingerprint density at radius 2 is 1.88 bits per heavy atom. The Morgan fingerprint density at radius 3 is 2.50 bits per heavy atom. The van der Waals surface area contributed by atoms with Crippen LogP contribution in [0.5, 0.6) is 0 Å². The van der Waals surface area contributed by atoms with Crippen LogP contribution in [0.1, 0.15) is 6.92 Å². The largest absolute Gasteiger partial charge is 0.339 e. The molecule has 8 nitrogen and oxygen atoms in total. The first-order chi connectivity index (χ1) is 11.5.